The number of nitrogens with one attached hydrogen (secondary N) is 1. The van der Waals surface area contributed by atoms with Gasteiger partial charge in [0.2, 0.25) is 10.0 Å². The number of esters is 1. The van der Waals surface area contributed by atoms with Crippen molar-refractivity contribution in [1.29, 1.82) is 0 Å². The Morgan fingerprint density at radius 2 is 1.88 bits per heavy atom. The average Bonchev–Trinajstić information content (AvgIpc) is 3.42. The molecule has 2 saturated heterocycles. The summed E-state index contributed by atoms with van der Waals surface area (Å²) in [6, 6.07) is 6.61. The number of thiophene rings is 1. The molecule has 0 bridgehead atoms. The van der Waals surface area contributed by atoms with E-state index in [1.165, 1.54) is 25.6 Å². The van der Waals surface area contributed by atoms with Gasteiger partial charge in [-0.2, -0.15) is 4.31 Å². The minimum atomic E-state index is -3.57. The number of hydrogen-bond acceptors (Lipinski definition) is 7. The van der Waals surface area contributed by atoms with Crippen molar-refractivity contribution in [3.8, 4) is 5.75 Å². The second-order valence-corrected chi connectivity index (χ2v) is 12.0. The number of likely N-dealkylation sites (tertiary alicyclic amines) is 1. The molecule has 0 saturated carbocycles. The molecule has 2 fully saturated rings. The molecule has 184 valence electrons. The van der Waals surface area contributed by atoms with E-state index in [2.05, 4.69) is 10.2 Å². The molecule has 0 atom stereocenters. The van der Waals surface area contributed by atoms with E-state index in [9.17, 15) is 13.2 Å². The standard InChI is InChI=1S/C23H29N3O5S3/c1-16-14-33-20(21(27)31-3)19(16)24-22(32)25-10-7-23(15-25)8-11-26(12-9-23)34(28,29)18-6-4-5-17(13-18)30-2/h4-6,13-14H,7-12,15H2,1-3H3,(H,24,32). The highest BCUT2D eigenvalue weighted by atomic mass is 32.2. The maximum absolute atomic E-state index is 13.1. The van der Waals surface area contributed by atoms with Gasteiger partial charge in [0.25, 0.3) is 0 Å². The molecule has 0 amide bonds. The van der Waals surface area contributed by atoms with Crippen LogP contribution in [0.1, 0.15) is 34.5 Å². The number of sulfonamides is 1. The molecule has 3 heterocycles. The van der Waals surface area contributed by atoms with Gasteiger partial charge in [0.05, 0.1) is 24.8 Å². The summed E-state index contributed by atoms with van der Waals surface area (Å²) in [7, 11) is -0.675. The smallest absolute Gasteiger partial charge is 0.350 e. The summed E-state index contributed by atoms with van der Waals surface area (Å²) in [6.07, 6.45) is 2.51. The molecule has 4 rings (SSSR count). The zero-order valence-corrected chi connectivity index (χ0v) is 21.9. The van der Waals surface area contributed by atoms with Crippen LogP contribution in [-0.2, 0) is 14.8 Å². The summed E-state index contributed by atoms with van der Waals surface area (Å²) in [6.45, 7) is 4.44. The Bertz CT molecular complexity index is 1190. The van der Waals surface area contributed by atoms with Crippen molar-refractivity contribution in [3.05, 3.63) is 40.1 Å². The molecule has 34 heavy (non-hydrogen) atoms. The number of hydrogen-bond donors (Lipinski definition) is 1. The van der Waals surface area contributed by atoms with Crippen molar-refractivity contribution in [2.24, 2.45) is 5.41 Å². The minimum Gasteiger partial charge on any atom is -0.497 e. The highest BCUT2D eigenvalue weighted by Gasteiger charge is 2.43. The zero-order chi connectivity index (χ0) is 24.5. The highest BCUT2D eigenvalue weighted by Crippen LogP contribution is 2.42. The molecular formula is C23H29N3O5S3. The molecule has 2 aromatic rings. The van der Waals surface area contributed by atoms with Crippen molar-refractivity contribution in [2.75, 3.05) is 45.7 Å². The Labute approximate surface area is 209 Å². The third kappa shape index (κ3) is 4.79. The number of thiocarbonyl (C=S) groups is 1. The number of ether oxygens (including phenoxy) is 2. The summed E-state index contributed by atoms with van der Waals surface area (Å²) in [4.78, 5) is 15.0. The summed E-state index contributed by atoms with van der Waals surface area (Å²) in [5, 5.41) is 5.73. The first-order chi connectivity index (χ1) is 16.2. The van der Waals surface area contributed by atoms with Gasteiger partial charge in [0, 0.05) is 32.2 Å². The van der Waals surface area contributed by atoms with Crippen LogP contribution in [0.3, 0.4) is 0 Å². The quantitative estimate of drug-likeness (QED) is 0.469. The predicted molar refractivity (Wildman–Crippen MR) is 136 cm³/mol. The molecule has 2 aliphatic rings. The first-order valence-corrected chi connectivity index (χ1v) is 13.8. The van der Waals surface area contributed by atoms with Crippen LogP contribution < -0.4 is 10.1 Å². The molecular weight excluding hydrogens is 494 g/mol. The fourth-order valence-electron chi connectivity index (χ4n) is 4.66. The summed E-state index contributed by atoms with van der Waals surface area (Å²) >= 11 is 7.01. The van der Waals surface area contributed by atoms with Crippen LogP contribution in [0.4, 0.5) is 5.69 Å². The normalized spacial score (nSPS) is 18.1. The topological polar surface area (TPSA) is 88.2 Å². The number of methoxy groups -OCH3 is 2. The van der Waals surface area contributed by atoms with Crippen LogP contribution in [-0.4, -0.2) is 69.1 Å². The van der Waals surface area contributed by atoms with Gasteiger partial charge in [0.15, 0.2) is 5.11 Å². The molecule has 0 radical (unpaired) electrons. The Morgan fingerprint density at radius 3 is 2.56 bits per heavy atom. The molecule has 8 nitrogen and oxygen atoms in total. The molecule has 1 aromatic heterocycles. The van der Waals surface area contributed by atoms with Gasteiger partial charge in [-0.3, -0.25) is 0 Å². The molecule has 11 heteroatoms. The fraction of sp³-hybridized carbons (Fsp3) is 0.478. The average molecular weight is 524 g/mol. The third-order valence-electron chi connectivity index (χ3n) is 6.77. The number of aryl methyl sites for hydroxylation is 1. The van der Waals surface area contributed by atoms with Gasteiger partial charge < -0.3 is 19.7 Å². The minimum absolute atomic E-state index is 0.0288. The van der Waals surface area contributed by atoms with Crippen molar-refractivity contribution < 1.29 is 22.7 Å². The van der Waals surface area contributed by atoms with Crippen molar-refractivity contribution in [2.45, 2.75) is 31.1 Å². The number of piperidine rings is 1. The third-order valence-corrected chi connectivity index (χ3v) is 10.1. The SMILES string of the molecule is COC(=O)c1scc(C)c1NC(=S)N1CCC2(CCN(S(=O)(=O)c3cccc(OC)c3)CC2)C1. The Kier molecular flexibility index (Phi) is 7.18. The molecule has 1 spiro atoms. The molecule has 1 aromatic carbocycles. The lowest BCUT2D eigenvalue weighted by molar-refractivity contribution is 0.0607. The van der Waals surface area contributed by atoms with Crippen LogP contribution in [0.2, 0.25) is 0 Å². The van der Waals surface area contributed by atoms with E-state index < -0.39 is 10.0 Å². The summed E-state index contributed by atoms with van der Waals surface area (Å²) < 4.78 is 37.9. The van der Waals surface area contributed by atoms with Gasteiger partial charge >= 0.3 is 5.97 Å². The number of rotatable bonds is 5. The Hall–Kier alpha value is -2.21. The predicted octanol–water partition coefficient (Wildman–Crippen LogP) is 3.73. The zero-order valence-electron chi connectivity index (χ0n) is 19.5. The van der Waals surface area contributed by atoms with Crippen LogP contribution in [0.15, 0.2) is 34.5 Å². The largest absolute Gasteiger partial charge is 0.497 e. The van der Waals surface area contributed by atoms with Crippen molar-refractivity contribution in [1.82, 2.24) is 9.21 Å². The number of carbonyl (C=O) groups is 1. The van der Waals surface area contributed by atoms with Crippen molar-refractivity contribution in [3.63, 3.8) is 0 Å². The highest BCUT2D eigenvalue weighted by molar-refractivity contribution is 7.89. The van der Waals surface area contributed by atoms with Crippen molar-refractivity contribution >= 4 is 50.3 Å². The fourth-order valence-corrected chi connectivity index (χ4v) is 7.31. The first kappa shape index (κ1) is 24.9. The van der Waals surface area contributed by atoms with E-state index in [0.29, 0.717) is 34.5 Å². The second-order valence-electron chi connectivity index (χ2n) is 8.80. The lowest BCUT2D eigenvalue weighted by atomic mass is 9.78. The van der Waals surface area contributed by atoms with Crippen LogP contribution in [0.25, 0.3) is 0 Å². The molecule has 2 aliphatic heterocycles. The van der Waals surface area contributed by atoms with E-state index in [-0.39, 0.29) is 16.3 Å². The van der Waals surface area contributed by atoms with Crippen LogP contribution in [0.5, 0.6) is 5.75 Å². The van der Waals surface area contributed by atoms with E-state index >= 15 is 0 Å². The van der Waals surface area contributed by atoms with Gasteiger partial charge in [-0.15, -0.1) is 11.3 Å². The van der Waals surface area contributed by atoms with E-state index in [1.54, 1.807) is 28.6 Å². The molecule has 0 aliphatic carbocycles. The second kappa shape index (κ2) is 9.80. The van der Waals surface area contributed by atoms with Crippen LogP contribution in [0, 0.1) is 12.3 Å². The lowest BCUT2D eigenvalue weighted by Gasteiger charge is -2.38. The van der Waals surface area contributed by atoms with E-state index in [4.69, 9.17) is 21.7 Å². The van der Waals surface area contributed by atoms with Crippen LogP contribution >= 0.6 is 23.6 Å². The Balaban J connectivity index is 1.39. The van der Waals surface area contributed by atoms with E-state index in [1.807, 2.05) is 12.3 Å². The first-order valence-electron chi connectivity index (χ1n) is 11.1. The molecule has 0 unspecified atom stereocenters. The molecule has 1 N–H and O–H groups in total. The van der Waals surface area contributed by atoms with Gasteiger partial charge in [-0.25, -0.2) is 13.2 Å². The Morgan fingerprint density at radius 1 is 1.18 bits per heavy atom. The number of nitrogens with zero attached hydrogens (tertiary/aromatic N) is 2. The summed E-state index contributed by atoms with van der Waals surface area (Å²) in [5.74, 6) is 0.143. The van der Waals surface area contributed by atoms with Gasteiger partial charge in [-0.1, -0.05) is 6.07 Å². The van der Waals surface area contributed by atoms with E-state index in [0.717, 1.165) is 37.9 Å². The van der Waals surface area contributed by atoms with Gasteiger partial charge in [0.1, 0.15) is 10.6 Å². The van der Waals surface area contributed by atoms with Gasteiger partial charge in [-0.05, 0) is 66.9 Å². The number of anilines is 1. The lowest BCUT2D eigenvalue weighted by Crippen LogP contribution is -2.45. The summed E-state index contributed by atoms with van der Waals surface area (Å²) in [5.41, 5.74) is 1.67. The number of benzene rings is 1. The maximum Gasteiger partial charge on any atom is 0.350 e. The maximum atomic E-state index is 13.1. The number of carbonyl (C=O) groups excluding carboxylic acids is 1. The monoisotopic (exact) mass is 523 g/mol.